The quantitative estimate of drug-likeness (QED) is 0.332. The molecule has 0 spiro atoms. The van der Waals surface area contributed by atoms with Gasteiger partial charge in [0.25, 0.3) is 5.69 Å². The van der Waals surface area contributed by atoms with E-state index in [1.807, 2.05) is 0 Å². The summed E-state index contributed by atoms with van der Waals surface area (Å²) >= 11 is 0. The topological polar surface area (TPSA) is 130 Å². The molecule has 0 aliphatic rings. The van der Waals surface area contributed by atoms with Crippen LogP contribution in [-0.2, 0) is 4.79 Å². The average molecular weight is 331 g/mol. The Hall–Kier alpha value is -3.55. The summed E-state index contributed by atoms with van der Waals surface area (Å²) in [6.45, 7) is 0. The molecule has 0 saturated heterocycles. The lowest BCUT2D eigenvalue weighted by Crippen LogP contribution is -2.00. The second-order valence-corrected chi connectivity index (χ2v) is 4.75. The van der Waals surface area contributed by atoms with Crippen LogP contribution in [0, 0.1) is 10.1 Å². The molecule has 0 atom stereocenters. The number of carbonyl (C=O) groups is 1. The van der Waals surface area contributed by atoms with Gasteiger partial charge in [0.2, 0.25) is 0 Å². The Morgan fingerprint density at radius 2 is 1.83 bits per heavy atom. The van der Waals surface area contributed by atoms with Crippen molar-refractivity contribution in [3.63, 3.8) is 0 Å². The van der Waals surface area contributed by atoms with Crippen LogP contribution in [0.25, 0.3) is 11.6 Å². The van der Waals surface area contributed by atoms with E-state index in [9.17, 15) is 30.2 Å². The molecule has 2 rings (SSSR count). The van der Waals surface area contributed by atoms with Gasteiger partial charge in [-0.15, -0.1) is 0 Å². The van der Waals surface area contributed by atoms with E-state index in [1.54, 1.807) is 0 Å². The van der Waals surface area contributed by atoms with Gasteiger partial charge in [-0.1, -0.05) is 12.1 Å². The van der Waals surface area contributed by atoms with Crippen LogP contribution in [0.15, 0.2) is 36.4 Å². The fourth-order valence-corrected chi connectivity index (χ4v) is 2.05. The molecule has 8 heteroatoms. The lowest BCUT2D eigenvalue weighted by molar-refractivity contribution is -0.385. The number of rotatable bonds is 5. The molecule has 0 unspecified atom stereocenters. The van der Waals surface area contributed by atoms with Crippen molar-refractivity contribution in [2.75, 3.05) is 7.11 Å². The molecule has 0 bridgehead atoms. The monoisotopic (exact) mass is 331 g/mol. The van der Waals surface area contributed by atoms with Gasteiger partial charge in [-0.2, -0.15) is 0 Å². The first kappa shape index (κ1) is 16.8. The van der Waals surface area contributed by atoms with Crippen molar-refractivity contribution >= 4 is 23.3 Å². The van der Waals surface area contributed by atoms with Crippen LogP contribution >= 0.6 is 0 Å². The molecule has 0 amide bonds. The molecule has 0 aliphatic carbocycles. The predicted molar refractivity (Wildman–Crippen MR) is 84.9 cm³/mol. The minimum Gasteiger partial charge on any atom is -0.508 e. The third kappa shape index (κ3) is 3.43. The first-order valence-corrected chi connectivity index (χ1v) is 6.63. The number of nitrogens with zero attached hydrogens (tertiary/aromatic N) is 1. The molecular weight excluding hydrogens is 318 g/mol. The number of phenols is 2. The Morgan fingerprint density at radius 3 is 2.33 bits per heavy atom. The second kappa shape index (κ2) is 6.69. The molecular formula is C16H13NO7. The minimum atomic E-state index is -1.30. The Balaban J connectivity index is 2.65. The fraction of sp³-hybridized carbons (Fsp3) is 0.0625. The third-order valence-electron chi connectivity index (χ3n) is 3.23. The molecule has 0 aliphatic heterocycles. The second-order valence-electron chi connectivity index (χ2n) is 4.75. The number of phenolic OH excluding ortho intramolecular Hbond substituents is 2. The number of hydrogen-bond donors (Lipinski definition) is 3. The van der Waals surface area contributed by atoms with Crippen molar-refractivity contribution in [1.29, 1.82) is 0 Å². The first-order chi connectivity index (χ1) is 11.3. The maximum atomic E-state index is 11.5. The Kier molecular flexibility index (Phi) is 4.69. The number of aliphatic carboxylic acids is 1. The third-order valence-corrected chi connectivity index (χ3v) is 3.23. The highest BCUT2D eigenvalue weighted by Gasteiger charge is 2.18. The molecule has 0 aromatic heterocycles. The molecule has 0 fully saturated rings. The zero-order valence-corrected chi connectivity index (χ0v) is 12.5. The van der Waals surface area contributed by atoms with Crippen LogP contribution in [-0.4, -0.2) is 33.3 Å². The standard InChI is InChI=1S/C16H13NO7/c1-24-14-8-11(17(22)23)6-10(15(14)19)7-13(16(20)21)9-2-4-12(18)5-3-9/h2-8,18-19H,1H3,(H,20,21)/b13-7-. The van der Waals surface area contributed by atoms with E-state index < -0.39 is 16.6 Å². The summed E-state index contributed by atoms with van der Waals surface area (Å²) in [5, 5.41) is 39.7. The van der Waals surface area contributed by atoms with Crippen molar-refractivity contribution in [2.24, 2.45) is 0 Å². The fourth-order valence-electron chi connectivity index (χ4n) is 2.05. The highest BCUT2D eigenvalue weighted by molar-refractivity contribution is 6.20. The van der Waals surface area contributed by atoms with Crippen LogP contribution in [0.1, 0.15) is 11.1 Å². The van der Waals surface area contributed by atoms with Crippen molar-refractivity contribution in [2.45, 2.75) is 0 Å². The largest absolute Gasteiger partial charge is 0.508 e. The number of nitro benzene ring substituents is 1. The summed E-state index contributed by atoms with van der Waals surface area (Å²) in [4.78, 5) is 21.8. The summed E-state index contributed by atoms with van der Waals surface area (Å²) in [6.07, 6.45) is 1.10. The van der Waals surface area contributed by atoms with Crippen LogP contribution < -0.4 is 4.74 Å². The van der Waals surface area contributed by atoms with E-state index >= 15 is 0 Å². The maximum absolute atomic E-state index is 11.5. The summed E-state index contributed by atoms with van der Waals surface area (Å²) < 4.78 is 4.88. The summed E-state index contributed by atoms with van der Waals surface area (Å²) in [5.41, 5.74) is -0.393. The van der Waals surface area contributed by atoms with Gasteiger partial charge in [-0.25, -0.2) is 4.79 Å². The molecule has 24 heavy (non-hydrogen) atoms. The number of hydrogen-bond acceptors (Lipinski definition) is 6. The number of methoxy groups -OCH3 is 1. The smallest absolute Gasteiger partial charge is 0.336 e. The van der Waals surface area contributed by atoms with E-state index in [0.29, 0.717) is 0 Å². The van der Waals surface area contributed by atoms with Gasteiger partial charge in [0.05, 0.1) is 23.7 Å². The molecule has 124 valence electrons. The molecule has 0 radical (unpaired) electrons. The van der Waals surface area contributed by atoms with Gasteiger partial charge in [0, 0.05) is 11.6 Å². The van der Waals surface area contributed by atoms with Crippen LogP contribution in [0.2, 0.25) is 0 Å². The van der Waals surface area contributed by atoms with Crippen LogP contribution in [0.5, 0.6) is 17.2 Å². The Bertz CT molecular complexity index is 825. The highest BCUT2D eigenvalue weighted by atomic mass is 16.6. The van der Waals surface area contributed by atoms with Crippen LogP contribution in [0.4, 0.5) is 5.69 Å². The average Bonchev–Trinajstić information content (AvgIpc) is 2.54. The number of nitro groups is 1. The number of benzene rings is 2. The Morgan fingerprint density at radius 1 is 1.21 bits per heavy atom. The maximum Gasteiger partial charge on any atom is 0.336 e. The van der Waals surface area contributed by atoms with E-state index in [4.69, 9.17) is 4.74 Å². The van der Waals surface area contributed by atoms with Crippen molar-refractivity contribution in [3.8, 4) is 17.2 Å². The van der Waals surface area contributed by atoms with E-state index in [2.05, 4.69) is 0 Å². The summed E-state index contributed by atoms with van der Waals surface area (Å²) in [7, 11) is 1.23. The highest BCUT2D eigenvalue weighted by Crippen LogP contribution is 2.36. The minimum absolute atomic E-state index is 0.0386. The lowest BCUT2D eigenvalue weighted by atomic mass is 10.0. The number of non-ortho nitro benzene ring substituents is 1. The zero-order chi connectivity index (χ0) is 17.9. The van der Waals surface area contributed by atoms with Crippen molar-refractivity contribution in [1.82, 2.24) is 0 Å². The molecule has 2 aromatic carbocycles. The predicted octanol–water partition coefficient (Wildman–Crippen LogP) is 2.64. The number of carboxylic acids is 1. The number of aromatic hydroxyl groups is 2. The van der Waals surface area contributed by atoms with Gasteiger partial charge in [0.15, 0.2) is 11.5 Å². The molecule has 8 nitrogen and oxygen atoms in total. The molecule has 0 heterocycles. The summed E-state index contributed by atoms with van der Waals surface area (Å²) in [6, 6.07) is 7.44. The molecule has 2 aromatic rings. The molecule has 3 N–H and O–H groups in total. The van der Waals surface area contributed by atoms with Gasteiger partial charge < -0.3 is 20.1 Å². The lowest BCUT2D eigenvalue weighted by Gasteiger charge is -2.08. The van der Waals surface area contributed by atoms with Gasteiger partial charge >= 0.3 is 5.97 Å². The van der Waals surface area contributed by atoms with Gasteiger partial charge in [-0.3, -0.25) is 10.1 Å². The zero-order valence-electron chi connectivity index (χ0n) is 12.5. The molecule has 0 saturated carbocycles. The normalized spacial score (nSPS) is 11.1. The summed E-state index contributed by atoms with van der Waals surface area (Å²) in [5.74, 6) is -1.90. The number of carboxylic acid groups (broad SMARTS) is 1. The van der Waals surface area contributed by atoms with Crippen molar-refractivity contribution in [3.05, 3.63) is 57.6 Å². The SMILES string of the molecule is COc1cc([N+](=O)[O-])cc(/C=C(\C(=O)O)c2ccc(O)cc2)c1O. The van der Waals surface area contributed by atoms with E-state index in [-0.39, 0.29) is 33.9 Å². The van der Waals surface area contributed by atoms with Crippen molar-refractivity contribution < 1.29 is 29.8 Å². The van der Waals surface area contributed by atoms with E-state index in [0.717, 1.165) is 18.2 Å². The Labute approximate surface area is 136 Å². The van der Waals surface area contributed by atoms with Gasteiger partial charge in [0.1, 0.15) is 5.75 Å². The van der Waals surface area contributed by atoms with Gasteiger partial charge in [-0.05, 0) is 23.8 Å². The number of ether oxygens (including phenoxy) is 1. The van der Waals surface area contributed by atoms with E-state index in [1.165, 1.54) is 31.4 Å². The van der Waals surface area contributed by atoms with Crippen LogP contribution in [0.3, 0.4) is 0 Å². The first-order valence-electron chi connectivity index (χ1n) is 6.63.